The Morgan fingerprint density at radius 3 is 2.75 bits per heavy atom. The van der Waals surface area contributed by atoms with Gasteiger partial charge >= 0.3 is 5.97 Å². The Bertz CT molecular complexity index is 1330. The van der Waals surface area contributed by atoms with Crippen LogP contribution in [0.4, 0.5) is 0 Å². The van der Waals surface area contributed by atoms with Gasteiger partial charge in [0.15, 0.2) is 0 Å². The molecule has 1 fully saturated rings. The van der Waals surface area contributed by atoms with Crippen LogP contribution in [0, 0.1) is 0 Å². The molecule has 1 N–H and O–H groups in total. The zero-order valence-electron chi connectivity index (χ0n) is 19.3. The number of halogens is 3. The first-order valence-electron chi connectivity index (χ1n) is 10.9. The van der Waals surface area contributed by atoms with Gasteiger partial charge in [-0.25, -0.2) is 14.8 Å². The molecule has 0 spiro atoms. The summed E-state index contributed by atoms with van der Waals surface area (Å²) < 4.78 is 23.2. The van der Waals surface area contributed by atoms with E-state index in [0.717, 1.165) is 24.1 Å². The average Bonchev–Trinajstić information content (AvgIpc) is 3.17. The van der Waals surface area contributed by atoms with E-state index in [9.17, 15) is 14.5 Å². The molecule has 4 aromatic rings. The molecule has 0 aliphatic heterocycles. The lowest BCUT2D eigenvalue weighted by Gasteiger charge is -2.14. The topological polar surface area (TPSA) is 105 Å². The lowest BCUT2D eigenvalue weighted by Crippen LogP contribution is -2.16. The minimum atomic E-state index is -1.28. The number of fused-ring (bicyclic) bond motifs is 1. The summed E-state index contributed by atoms with van der Waals surface area (Å²) in [5, 5.41) is 13.6. The van der Waals surface area contributed by atoms with Gasteiger partial charge in [-0.1, -0.05) is 0 Å². The highest BCUT2D eigenvalue weighted by molar-refractivity contribution is 9.10. The van der Waals surface area contributed by atoms with Crippen molar-refractivity contribution in [2.75, 3.05) is 6.61 Å². The number of hydrogen-bond acceptors (Lipinski definition) is 7. The number of phenolic OH excluding ortho intramolecular Hbond substituents is 1. The molecular formula is C23H25BrCl2N4O4S2. The van der Waals surface area contributed by atoms with E-state index in [2.05, 4.69) is 30.5 Å². The summed E-state index contributed by atoms with van der Waals surface area (Å²) in [6.07, 6.45) is 7.09. The van der Waals surface area contributed by atoms with Gasteiger partial charge in [-0.05, 0) is 52.9 Å². The molecule has 1 atom stereocenters. The Balaban J connectivity index is 0.00000180. The number of thiazole rings is 1. The maximum Gasteiger partial charge on any atom is 0.340 e. The SMILES string of the molecule is CCOC(=O)c1c(C[S+]([O-])Cc2cscn2)n(C2CC2)c2cc(Br)c(O)c(Cn3ccnc3)c12.Cl.Cl. The van der Waals surface area contributed by atoms with Crippen LogP contribution in [0.1, 0.15) is 53.1 Å². The minimum Gasteiger partial charge on any atom is -0.616 e. The number of esters is 1. The second-order valence-electron chi connectivity index (χ2n) is 8.17. The van der Waals surface area contributed by atoms with Crippen LogP contribution in [0.25, 0.3) is 10.9 Å². The van der Waals surface area contributed by atoms with E-state index >= 15 is 0 Å². The molecular weight excluding hydrogens is 611 g/mol. The molecule has 194 valence electrons. The second kappa shape index (κ2) is 12.2. The van der Waals surface area contributed by atoms with E-state index in [1.165, 1.54) is 11.3 Å². The summed E-state index contributed by atoms with van der Waals surface area (Å²) in [5.74, 6) is 0.102. The molecule has 1 unspecified atom stereocenters. The van der Waals surface area contributed by atoms with E-state index in [1.54, 1.807) is 31.2 Å². The highest BCUT2D eigenvalue weighted by Gasteiger charge is 2.36. The van der Waals surface area contributed by atoms with E-state index in [0.29, 0.717) is 39.0 Å². The van der Waals surface area contributed by atoms with Gasteiger partial charge in [0.25, 0.3) is 0 Å². The number of hydrogen-bond donors (Lipinski definition) is 1. The van der Waals surface area contributed by atoms with Crippen molar-refractivity contribution in [3.05, 3.63) is 62.7 Å². The Morgan fingerprint density at radius 2 is 2.14 bits per heavy atom. The fourth-order valence-electron chi connectivity index (χ4n) is 4.27. The van der Waals surface area contributed by atoms with Crippen LogP contribution < -0.4 is 0 Å². The summed E-state index contributed by atoms with van der Waals surface area (Å²) in [5.41, 5.74) is 4.99. The molecule has 1 aromatic carbocycles. The first kappa shape index (κ1) is 28.8. The van der Waals surface area contributed by atoms with Crippen molar-refractivity contribution in [1.29, 1.82) is 0 Å². The summed E-state index contributed by atoms with van der Waals surface area (Å²) in [4.78, 5) is 21.7. The number of aromatic nitrogens is 4. The predicted octanol–water partition coefficient (Wildman–Crippen LogP) is 5.61. The Morgan fingerprint density at radius 1 is 1.36 bits per heavy atom. The number of benzene rings is 1. The Labute approximate surface area is 236 Å². The van der Waals surface area contributed by atoms with Crippen LogP contribution in [-0.2, 0) is 34.0 Å². The number of ether oxygens (including phenoxy) is 1. The molecule has 3 aromatic heterocycles. The number of phenols is 1. The highest BCUT2D eigenvalue weighted by atomic mass is 79.9. The molecule has 3 heterocycles. The van der Waals surface area contributed by atoms with Gasteiger partial charge in [-0.3, -0.25) is 0 Å². The number of imidazole rings is 1. The van der Waals surface area contributed by atoms with Crippen LogP contribution >= 0.6 is 52.1 Å². The van der Waals surface area contributed by atoms with Crippen molar-refractivity contribution in [2.24, 2.45) is 0 Å². The van der Waals surface area contributed by atoms with Crippen molar-refractivity contribution < 1.29 is 19.2 Å². The number of nitrogens with zero attached hydrogens (tertiary/aromatic N) is 4. The zero-order valence-corrected chi connectivity index (χ0v) is 24.1. The third-order valence-corrected chi connectivity index (χ3v) is 8.26. The molecule has 13 heteroatoms. The summed E-state index contributed by atoms with van der Waals surface area (Å²) in [6.45, 7) is 2.30. The van der Waals surface area contributed by atoms with Crippen molar-refractivity contribution >= 4 is 80.1 Å². The fourth-order valence-corrected chi connectivity index (χ4v) is 6.56. The van der Waals surface area contributed by atoms with Crippen molar-refractivity contribution in [3.63, 3.8) is 0 Å². The van der Waals surface area contributed by atoms with Gasteiger partial charge in [-0.2, -0.15) is 0 Å². The van der Waals surface area contributed by atoms with Crippen molar-refractivity contribution in [1.82, 2.24) is 19.1 Å². The first-order chi connectivity index (χ1) is 16.5. The van der Waals surface area contributed by atoms with Gasteiger partial charge in [0.2, 0.25) is 0 Å². The van der Waals surface area contributed by atoms with Crippen LogP contribution in [-0.4, -0.2) is 41.3 Å². The van der Waals surface area contributed by atoms with Gasteiger partial charge in [0.1, 0.15) is 22.9 Å². The van der Waals surface area contributed by atoms with E-state index in [-0.39, 0.29) is 49.0 Å². The number of carbonyl (C=O) groups excluding carboxylic acids is 1. The normalized spacial score (nSPS) is 13.8. The Kier molecular flexibility index (Phi) is 9.75. The smallest absolute Gasteiger partial charge is 0.340 e. The number of carbonyl (C=O) groups is 1. The maximum atomic E-state index is 13.3. The number of aromatic hydroxyl groups is 1. The molecule has 36 heavy (non-hydrogen) atoms. The molecule has 5 rings (SSSR count). The highest BCUT2D eigenvalue weighted by Crippen LogP contribution is 2.46. The molecule has 1 aliphatic rings. The molecule has 0 saturated heterocycles. The molecule has 1 saturated carbocycles. The largest absolute Gasteiger partial charge is 0.616 e. The van der Waals surface area contributed by atoms with Crippen molar-refractivity contribution in [2.45, 2.75) is 43.9 Å². The molecule has 0 bridgehead atoms. The first-order valence-corrected chi connectivity index (χ1v) is 14.1. The second-order valence-corrected chi connectivity index (χ2v) is 11.2. The van der Waals surface area contributed by atoms with Gasteiger partial charge in [0, 0.05) is 34.8 Å². The standard InChI is InChI=1S/C23H23BrN4O4S2.2ClH/c1-2-32-23(30)21-19(11-34(31)10-14-9-33-13-26-14)28(15-3-4-15)18-7-17(24)22(29)16(20(18)21)8-27-6-5-25-12-27;;/h5-7,9,12-13,15,29H,2-4,8,10-11H2,1H3;2*1H. The lowest BCUT2D eigenvalue weighted by atomic mass is 10.0. The lowest BCUT2D eigenvalue weighted by molar-refractivity contribution is 0.0527. The predicted molar refractivity (Wildman–Crippen MR) is 149 cm³/mol. The molecule has 1 aliphatic carbocycles. The molecule has 8 nitrogen and oxygen atoms in total. The van der Waals surface area contributed by atoms with E-state index in [4.69, 9.17) is 4.74 Å². The average molecular weight is 636 g/mol. The summed E-state index contributed by atoms with van der Waals surface area (Å²) >= 11 is 3.68. The number of rotatable bonds is 9. The van der Waals surface area contributed by atoms with Gasteiger partial charge < -0.3 is 23.5 Å². The maximum absolute atomic E-state index is 13.3. The monoisotopic (exact) mass is 634 g/mol. The third kappa shape index (κ3) is 5.71. The van der Waals surface area contributed by atoms with Crippen LogP contribution in [0.2, 0.25) is 0 Å². The third-order valence-electron chi connectivity index (χ3n) is 5.80. The molecule has 0 radical (unpaired) electrons. The summed E-state index contributed by atoms with van der Waals surface area (Å²) in [7, 11) is 0. The molecule has 0 amide bonds. The van der Waals surface area contributed by atoms with Crippen LogP contribution in [0.5, 0.6) is 5.75 Å². The zero-order chi connectivity index (χ0) is 23.8. The quantitative estimate of drug-likeness (QED) is 0.189. The minimum absolute atomic E-state index is 0. The van der Waals surface area contributed by atoms with Crippen LogP contribution in [0.15, 0.2) is 40.2 Å². The van der Waals surface area contributed by atoms with Gasteiger partial charge in [0.05, 0.1) is 46.2 Å². The van der Waals surface area contributed by atoms with Crippen molar-refractivity contribution in [3.8, 4) is 5.75 Å². The summed E-state index contributed by atoms with van der Waals surface area (Å²) in [6, 6.07) is 2.06. The fraction of sp³-hybridized carbons (Fsp3) is 0.348. The van der Waals surface area contributed by atoms with E-state index < -0.39 is 17.1 Å². The van der Waals surface area contributed by atoms with E-state index in [1.807, 2.05) is 16.0 Å². The van der Waals surface area contributed by atoms with Crippen LogP contribution in [0.3, 0.4) is 0 Å². The Hall–Kier alpha value is -1.76. The van der Waals surface area contributed by atoms with Gasteiger partial charge in [-0.15, -0.1) is 36.2 Å².